The Kier molecular flexibility index (Phi) is 6.22. The molecule has 0 aromatic heterocycles. The van der Waals surface area contributed by atoms with Gasteiger partial charge in [0.1, 0.15) is 5.82 Å². The molecule has 0 unspecified atom stereocenters. The molecule has 2 aliphatic heterocycles. The summed E-state index contributed by atoms with van der Waals surface area (Å²) in [5.74, 6) is -0.264. The van der Waals surface area contributed by atoms with Crippen LogP contribution in [0.5, 0.6) is 11.5 Å². The van der Waals surface area contributed by atoms with Gasteiger partial charge in [-0.25, -0.2) is 4.39 Å². The van der Waals surface area contributed by atoms with Gasteiger partial charge in [-0.05, 0) is 29.8 Å². The molecular weight excluding hydrogens is 403 g/mol. The van der Waals surface area contributed by atoms with Gasteiger partial charge in [0.25, 0.3) is 0 Å². The number of benzene rings is 2. The number of para-hydroxylation sites is 1. The van der Waals surface area contributed by atoms with Gasteiger partial charge < -0.3 is 25.0 Å². The quantitative estimate of drug-likeness (QED) is 0.699. The van der Waals surface area contributed by atoms with Crippen molar-refractivity contribution in [2.24, 2.45) is 0 Å². The topological polar surface area (TPSA) is 83.1 Å². The van der Waals surface area contributed by atoms with E-state index in [1.807, 2.05) is 29.2 Å². The summed E-state index contributed by atoms with van der Waals surface area (Å²) in [5, 5.41) is 5.04. The number of ether oxygens (including phenoxy) is 2. The standard InChI is InChI=1S/C22H25FN4O4/c1-24-21(28)22(29)25-13-18(15-6-7-19-20(12-15)31-14-30-19)27-10-8-26(9-11-27)17-5-3-2-4-16(17)23/h2-7,12,18H,8-11,13-14H2,1H3,(H,24,28)(H,25,29)/t18-/m1/s1. The Hall–Kier alpha value is -3.33. The molecular formula is C22H25FN4O4. The van der Waals surface area contributed by atoms with Gasteiger partial charge in [0, 0.05) is 39.8 Å². The summed E-state index contributed by atoms with van der Waals surface area (Å²) in [4.78, 5) is 27.9. The van der Waals surface area contributed by atoms with Gasteiger partial charge in [0.05, 0.1) is 11.7 Å². The molecule has 0 spiro atoms. The molecule has 2 aromatic rings. The number of likely N-dealkylation sites (N-methyl/N-ethyl adjacent to an activating group) is 1. The first kappa shape index (κ1) is 20.9. The lowest BCUT2D eigenvalue weighted by atomic mass is 10.0. The molecule has 4 rings (SSSR count). The van der Waals surface area contributed by atoms with E-state index < -0.39 is 11.8 Å². The fourth-order valence-corrected chi connectivity index (χ4v) is 3.94. The smallest absolute Gasteiger partial charge is 0.309 e. The summed E-state index contributed by atoms with van der Waals surface area (Å²) in [6, 6.07) is 12.3. The zero-order valence-electron chi connectivity index (χ0n) is 17.3. The molecule has 2 heterocycles. The summed E-state index contributed by atoms with van der Waals surface area (Å²) < 4.78 is 25.1. The molecule has 0 saturated carbocycles. The molecule has 2 aliphatic rings. The first-order valence-corrected chi connectivity index (χ1v) is 10.2. The maximum Gasteiger partial charge on any atom is 0.309 e. The number of rotatable bonds is 5. The largest absolute Gasteiger partial charge is 0.454 e. The van der Waals surface area contributed by atoms with E-state index in [1.54, 1.807) is 12.1 Å². The number of nitrogens with one attached hydrogen (secondary N) is 2. The van der Waals surface area contributed by atoms with Crippen LogP contribution in [0.15, 0.2) is 42.5 Å². The fraction of sp³-hybridized carbons (Fsp3) is 0.364. The average Bonchev–Trinajstić information content (AvgIpc) is 3.27. The molecule has 2 amide bonds. The van der Waals surface area contributed by atoms with Crippen molar-refractivity contribution in [2.75, 3.05) is 51.5 Å². The predicted molar refractivity (Wildman–Crippen MR) is 113 cm³/mol. The van der Waals surface area contributed by atoms with Crippen LogP contribution in [0.25, 0.3) is 0 Å². The molecule has 164 valence electrons. The Labute approximate surface area is 179 Å². The van der Waals surface area contributed by atoms with E-state index in [0.717, 1.165) is 5.56 Å². The third kappa shape index (κ3) is 4.56. The summed E-state index contributed by atoms with van der Waals surface area (Å²) in [5.41, 5.74) is 1.54. The van der Waals surface area contributed by atoms with Crippen molar-refractivity contribution in [3.05, 3.63) is 53.8 Å². The summed E-state index contributed by atoms with van der Waals surface area (Å²) >= 11 is 0. The van der Waals surface area contributed by atoms with Crippen molar-refractivity contribution in [1.29, 1.82) is 0 Å². The highest BCUT2D eigenvalue weighted by Crippen LogP contribution is 2.35. The van der Waals surface area contributed by atoms with E-state index in [2.05, 4.69) is 15.5 Å². The van der Waals surface area contributed by atoms with Crippen LogP contribution in [0.3, 0.4) is 0 Å². The first-order valence-electron chi connectivity index (χ1n) is 10.2. The minimum atomic E-state index is -0.686. The Morgan fingerprint density at radius 2 is 1.77 bits per heavy atom. The molecule has 9 heteroatoms. The van der Waals surface area contributed by atoms with Crippen LogP contribution in [-0.4, -0.2) is 63.3 Å². The van der Waals surface area contributed by atoms with E-state index in [1.165, 1.54) is 13.1 Å². The maximum absolute atomic E-state index is 14.2. The van der Waals surface area contributed by atoms with Crippen molar-refractivity contribution >= 4 is 17.5 Å². The molecule has 8 nitrogen and oxygen atoms in total. The molecule has 31 heavy (non-hydrogen) atoms. The van der Waals surface area contributed by atoms with Crippen molar-refractivity contribution in [3.8, 4) is 11.5 Å². The van der Waals surface area contributed by atoms with E-state index in [9.17, 15) is 14.0 Å². The number of hydrogen-bond donors (Lipinski definition) is 2. The number of halogens is 1. The highest BCUT2D eigenvalue weighted by Gasteiger charge is 2.28. The number of nitrogens with zero attached hydrogens (tertiary/aromatic N) is 2. The Bertz CT molecular complexity index is 962. The number of carbonyl (C=O) groups excluding carboxylic acids is 2. The molecule has 0 radical (unpaired) electrons. The van der Waals surface area contributed by atoms with Gasteiger partial charge in [-0.2, -0.15) is 0 Å². The zero-order valence-corrected chi connectivity index (χ0v) is 17.3. The number of hydrogen-bond acceptors (Lipinski definition) is 6. The number of anilines is 1. The lowest BCUT2D eigenvalue weighted by Gasteiger charge is -2.40. The normalized spacial score (nSPS) is 16.6. The summed E-state index contributed by atoms with van der Waals surface area (Å²) in [7, 11) is 1.42. The van der Waals surface area contributed by atoms with Crippen LogP contribution in [0, 0.1) is 5.82 Å². The monoisotopic (exact) mass is 428 g/mol. The van der Waals surface area contributed by atoms with Crippen LogP contribution in [0.1, 0.15) is 11.6 Å². The van der Waals surface area contributed by atoms with Gasteiger partial charge in [-0.3, -0.25) is 14.5 Å². The second-order valence-corrected chi connectivity index (χ2v) is 7.39. The maximum atomic E-state index is 14.2. The first-order chi connectivity index (χ1) is 15.1. The van der Waals surface area contributed by atoms with E-state index in [-0.39, 0.29) is 25.2 Å². The van der Waals surface area contributed by atoms with Crippen LogP contribution < -0.4 is 25.0 Å². The lowest BCUT2D eigenvalue weighted by Crippen LogP contribution is -2.50. The molecule has 0 bridgehead atoms. The molecule has 2 aromatic carbocycles. The lowest BCUT2D eigenvalue weighted by molar-refractivity contribution is -0.139. The second-order valence-electron chi connectivity index (χ2n) is 7.39. The van der Waals surface area contributed by atoms with E-state index in [4.69, 9.17) is 9.47 Å². The van der Waals surface area contributed by atoms with Crippen LogP contribution >= 0.6 is 0 Å². The second kappa shape index (κ2) is 9.22. The minimum Gasteiger partial charge on any atom is -0.454 e. The highest BCUT2D eigenvalue weighted by atomic mass is 19.1. The van der Waals surface area contributed by atoms with Crippen molar-refractivity contribution in [2.45, 2.75) is 6.04 Å². The van der Waals surface area contributed by atoms with E-state index >= 15 is 0 Å². The van der Waals surface area contributed by atoms with Crippen molar-refractivity contribution in [1.82, 2.24) is 15.5 Å². The number of piperazine rings is 1. The Morgan fingerprint density at radius 1 is 1.03 bits per heavy atom. The zero-order chi connectivity index (χ0) is 21.8. The fourth-order valence-electron chi connectivity index (χ4n) is 3.94. The molecule has 1 atom stereocenters. The number of amides is 2. The van der Waals surface area contributed by atoms with Crippen molar-refractivity contribution in [3.63, 3.8) is 0 Å². The molecule has 1 fully saturated rings. The average molecular weight is 428 g/mol. The van der Waals surface area contributed by atoms with Crippen LogP contribution in [0.2, 0.25) is 0 Å². The number of carbonyl (C=O) groups is 2. The third-order valence-corrected chi connectivity index (χ3v) is 5.62. The van der Waals surface area contributed by atoms with E-state index in [0.29, 0.717) is 43.4 Å². The molecule has 1 saturated heterocycles. The van der Waals surface area contributed by atoms with Crippen LogP contribution in [0.4, 0.5) is 10.1 Å². The molecule has 2 N–H and O–H groups in total. The Balaban J connectivity index is 1.50. The Morgan fingerprint density at radius 3 is 2.52 bits per heavy atom. The third-order valence-electron chi connectivity index (χ3n) is 5.62. The summed E-state index contributed by atoms with van der Waals surface area (Å²) in [6.45, 7) is 3.06. The minimum absolute atomic E-state index is 0.175. The van der Waals surface area contributed by atoms with Crippen molar-refractivity contribution < 1.29 is 23.5 Å². The van der Waals surface area contributed by atoms with Crippen LogP contribution in [-0.2, 0) is 9.59 Å². The summed E-state index contributed by atoms with van der Waals surface area (Å²) in [6.07, 6.45) is 0. The van der Waals surface area contributed by atoms with Gasteiger partial charge in [-0.1, -0.05) is 18.2 Å². The SMILES string of the molecule is CNC(=O)C(=O)NC[C@H](c1ccc2c(c1)OCO2)N1CCN(c2ccccc2F)CC1. The van der Waals surface area contributed by atoms with Gasteiger partial charge >= 0.3 is 11.8 Å². The number of fused-ring (bicyclic) bond motifs is 1. The van der Waals surface area contributed by atoms with Gasteiger partial charge in [0.2, 0.25) is 6.79 Å². The van der Waals surface area contributed by atoms with Gasteiger partial charge in [-0.15, -0.1) is 0 Å². The molecule has 0 aliphatic carbocycles. The van der Waals surface area contributed by atoms with Gasteiger partial charge in [0.15, 0.2) is 11.5 Å². The predicted octanol–water partition coefficient (Wildman–Crippen LogP) is 1.28. The highest BCUT2D eigenvalue weighted by molar-refractivity contribution is 6.35.